The number of thiophene rings is 2. The summed E-state index contributed by atoms with van der Waals surface area (Å²) in [4.78, 5) is 2.45. The quantitative estimate of drug-likeness (QED) is 0.178. The van der Waals surface area contributed by atoms with Gasteiger partial charge in [-0.2, -0.15) is 0 Å². The van der Waals surface area contributed by atoms with E-state index in [1.165, 1.54) is 79.1 Å². The first-order valence-electron chi connectivity index (χ1n) is 16.6. The van der Waals surface area contributed by atoms with Crippen LogP contribution in [0, 0.1) is 0 Å². The maximum atomic E-state index is 2.45. The number of hydrogen-bond donors (Lipinski definition) is 0. The zero-order valence-electron chi connectivity index (χ0n) is 26.5. The normalized spacial score (nSPS) is 11.7. The Hall–Kier alpha value is -5.74. The average Bonchev–Trinajstić information content (AvgIpc) is 3.75. The third-order valence-corrected chi connectivity index (χ3v) is 12.1. The molecule has 230 valence electrons. The van der Waals surface area contributed by atoms with Gasteiger partial charge in [0.15, 0.2) is 0 Å². The molecule has 0 radical (unpaired) electrons. The lowest BCUT2D eigenvalue weighted by atomic mass is 9.98. The minimum Gasteiger partial charge on any atom is -0.309 e. The summed E-state index contributed by atoms with van der Waals surface area (Å²) in [6.07, 6.45) is 0. The fourth-order valence-electron chi connectivity index (χ4n) is 7.36. The number of anilines is 3. The smallest absolute Gasteiger partial charge is 0.0640 e. The lowest BCUT2D eigenvalue weighted by molar-refractivity contribution is 1.31. The van der Waals surface area contributed by atoms with Gasteiger partial charge in [0.1, 0.15) is 0 Å². The Kier molecular flexibility index (Phi) is 6.61. The van der Waals surface area contributed by atoms with Gasteiger partial charge in [0.25, 0.3) is 0 Å². The molecule has 0 unspecified atom stereocenters. The van der Waals surface area contributed by atoms with Gasteiger partial charge >= 0.3 is 0 Å². The van der Waals surface area contributed by atoms with E-state index >= 15 is 0 Å². The monoisotopic (exact) mass is 659 g/mol. The van der Waals surface area contributed by atoms with Gasteiger partial charge < -0.3 is 4.90 Å². The van der Waals surface area contributed by atoms with Crippen molar-refractivity contribution in [3.63, 3.8) is 0 Å². The molecule has 1 nitrogen and oxygen atoms in total. The van der Waals surface area contributed by atoms with Crippen molar-refractivity contribution in [1.82, 2.24) is 0 Å². The van der Waals surface area contributed by atoms with E-state index < -0.39 is 0 Å². The van der Waals surface area contributed by atoms with E-state index in [0.717, 1.165) is 11.4 Å². The fraction of sp³-hybridized carbons (Fsp3) is 0. The van der Waals surface area contributed by atoms with Crippen molar-refractivity contribution in [2.45, 2.75) is 0 Å². The lowest BCUT2D eigenvalue weighted by Gasteiger charge is -2.27. The summed E-state index contributed by atoms with van der Waals surface area (Å²) in [5.74, 6) is 0. The second-order valence-corrected chi connectivity index (χ2v) is 14.6. The SMILES string of the molecule is c1ccc(-c2ccc(N(c3ccc(-c4cccc5c4sc4ccccc45)cc3)c3ccc4ccccc4c3)c3sc4ccccc4c23)cc1. The second kappa shape index (κ2) is 11.5. The number of nitrogens with zero attached hydrogens (tertiary/aromatic N) is 1. The van der Waals surface area contributed by atoms with Crippen LogP contribution in [0.5, 0.6) is 0 Å². The Labute approximate surface area is 292 Å². The first-order chi connectivity index (χ1) is 24.3. The molecule has 3 heteroatoms. The molecule has 0 aliphatic heterocycles. The topological polar surface area (TPSA) is 3.24 Å². The minimum atomic E-state index is 1.13. The van der Waals surface area contributed by atoms with Crippen molar-refractivity contribution in [3.8, 4) is 22.3 Å². The van der Waals surface area contributed by atoms with E-state index in [1.807, 2.05) is 22.7 Å². The van der Waals surface area contributed by atoms with Crippen LogP contribution in [-0.2, 0) is 0 Å². The number of benzene rings is 8. The van der Waals surface area contributed by atoms with Crippen molar-refractivity contribution in [2.75, 3.05) is 4.90 Å². The summed E-state index contributed by atoms with van der Waals surface area (Å²) in [6, 6.07) is 64.3. The van der Waals surface area contributed by atoms with Crippen molar-refractivity contribution in [1.29, 1.82) is 0 Å². The Bertz CT molecular complexity index is 2830. The third-order valence-electron chi connectivity index (χ3n) is 9.66. The predicted octanol–water partition coefficient (Wildman–Crippen LogP) is 14.4. The maximum absolute atomic E-state index is 2.45. The highest BCUT2D eigenvalue weighted by Gasteiger charge is 2.21. The first-order valence-corrected chi connectivity index (χ1v) is 18.2. The molecule has 49 heavy (non-hydrogen) atoms. The van der Waals surface area contributed by atoms with Gasteiger partial charge in [-0.15, -0.1) is 22.7 Å². The molecule has 0 bridgehead atoms. The molecule has 10 aromatic rings. The van der Waals surface area contributed by atoms with Crippen LogP contribution in [0.3, 0.4) is 0 Å². The number of rotatable bonds is 5. The molecule has 0 saturated heterocycles. The zero-order chi connectivity index (χ0) is 32.3. The van der Waals surface area contributed by atoms with Crippen molar-refractivity contribution in [3.05, 3.63) is 176 Å². The summed E-state index contributed by atoms with van der Waals surface area (Å²) in [5, 5.41) is 7.73. The van der Waals surface area contributed by atoms with Crippen LogP contribution in [0.4, 0.5) is 17.1 Å². The molecule has 0 fully saturated rings. The minimum absolute atomic E-state index is 1.13. The van der Waals surface area contributed by atoms with Crippen molar-refractivity contribution in [2.24, 2.45) is 0 Å². The largest absolute Gasteiger partial charge is 0.309 e. The van der Waals surface area contributed by atoms with Gasteiger partial charge in [-0.05, 0) is 75.5 Å². The number of hydrogen-bond acceptors (Lipinski definition) is 3. The summed E-state index contributed by atoms with van der Waals surface area (Å²) >= 11 is 3.76. The molecule has 0 aliphatic rings. The molecular weight excluding hydrogens is 631 g/mol. The molecular formula is C46H29NS2. The van der Waals surface area contributed by atoms with Crippen LogP contribution in [0.15, 0.2) is 176 Å². The summed E-state index contributed by atoms with van der Waals surface area (Å²) in [6.45, 7) is 0. The van der Waals surface area contributed by atoms with Gasteiger partial charge in [-0.1, -0.05) is 133 Å². The van der Waals surface area contributed by atoms with E-state index in [1.54, 1.807) is 0 Å². The van der Waals surface area contributed by atoms with Crippen LogP contribution >= 0.6 is 22.7 Å². The van der Waals surface area contributed by atoms with E-state index in [0.29, 0.717) is 0 Å². The Balaban J connectivity index is 1.19. The zero-order valence-corrected chi connectivity index (χ0v) is 28.1. The molecule has 0 amide bonds. The van der Waals surface area contributed by atoms with Crippen molar-refractivity contribution < 1.29 is 0 Å². The number of fused-ring (bicyclic) bond motifs is 7. The van der Waals surface area contributed by atoms with Gasteiger partial charge in [0.05, 0.1) is 10.4 Å². The third kappa shape index (κ3) is 4.66. The predicted molar refractivity (Wildman–Crippen MR) is 215 cm³/mol. The summed E-state index contributed by atoms with van der Waals surface area (Å²) < 4.78 is 5.25. The van der Waals surface area contributed by atoms with Gasteiger partial charge in [-0.3, -0.25) is 0 Å². The van der Waals surface area contributed by atoms with E-state index in [2.05, 4.69) is 181 Å². The molecule has 2 heterocycles. The Morgan fingerprint density at radius 1 is 0.367 bits per heavy atom. The Morgan fingerprint density at radius 2 is 1.00 bits per heavy atom. The van der Waals surface area contributed by atoms with Gasteiger partial charge in [0.2, 0.25) is 0 Å². The highest BCUT2D eigenvalue weighted by molar-refractivity contribution is 7.26. The van der Waals surface area contributed by atoms with Gasteiger partial charge in [0, 0.05) is 47.0 Å². The van der Waals surface area contributed by atoms with E-state index in [9.17, 15) is 0 Å². The molecule has 0 saturated carbocycles. The first kappa shape index (κ1) is 28.3. The Morgan fingerprint density at radius 3 is 1.84 bits per heavy atom. The molecule has 2 aromatic heterocycles. The van der Waals surface area contributed by atoms with Crippen LogP contribution in [0.2, 0.25) is 0 Å². The lowest BCUT2D eigenvalue weighted by Crippen LogP contribution is -2.10. The second-order valence-electron chi connectivity index (χ2n) is 12.5. The highest BCUT2D eigenvalue weighted by atomic mass is 32.1. The van der Waals surface area contributed by atoms with Crippen LogP contribution < -0.4 is 4.90 Å². The van der Waals surface area contributed by atoms with Crippen LogP contribution in [-0.4, -0.2) is 0 Å². The maximum Gasteiger partial charge on any atom is 0.0640 e. The molecule has 8 aromatic carbocycles. The average molecular weight is 660 g/mol. The fourth-order valence-corrected chi connectivity index (χ4v) is 9.83. The van der Waals surface area contributed by atoms with E-state index in [-0.39, 0.29) is 0 Å². The van der Waals surface area contributed by atoms with E-state index in [4.69, 9.17) is 0 Å². The molecule has 0 aliphatic carbocycles. The summed E-state index contributed by atoms with van der Waals surface area (Å²) in [7, 11) is 0. The highest BCUT2D eigenvalue weighted by Crippen LogP contribution is 2.49. The van der Waals surface area contributed by atoms with Crippen molar-refractivity contribution >= 4 is 90.9 Å². The molecule has 0 N–H and O–H groups in total. The van der Waals surface area contributed by atoms with Crippen LogP contribution in [0.1, 0.15) is 0 Å². The molecule has 0 atom stereocenters. The molecule has 10 rings (SSSR count). The molecule has 0 spiro atoms. The summed E-state index contributed by atoms with van der Waals surface area (Å²) in [5.41, 5.74) is 8.47. The van der Waals surface area contributed by atoms with Gasteiger partial charge in [-0.25, -0.2) is 0 Å². The van der Waals surface area contributed by atoms with Crippen LogP contribution in [0.25, 0.3) is 73.4 Å². The standard InChI is InChI=1S/C46H29NS2/c1-2-12-31(13-3-1)36-27-28-41(46-44(36)40-16-7-9-20-43(40)49-46)47(35-26-21-30-11-4-5-14-33(30)29-35)34-24-22-32(23-25-34)37-17-10-18-39-38-15-6-8-19-42(38)48-45(37)39/h1-29H.